The van der Waals surface area contributed by atoms with E-state index in [4.69, 9.17) is 0 Å². The van der Waals surface area contributed by atoms with Gasteiger partial charge in [0.1, 0.15) is 5.82 Å². The number of guanidine groups is 1. The largest absolute Gasteiger partial charge is 0.356 e. The Balaban J connectivity index is 0.00000261. The molecule has 3 aromatic rings. The molecule has 6 nitrogen and oxygen atoms in total. The number of nitrogens with zero attached hydrogens (tertiary/aromatic N) is 4. The second-order valence-corrected chi connectivity index (χ2v) is 6.37. The van der Waals surface area contributed by atoms with Gasteiger partial charge in [-0.2, -0.15) is 0 Å². The van der Waals surface area contributed by atoms with E-state index in [1.165, 1.54) is 11.1 Å². The van der Waals surface area contributed by atoms with Crippen LogP contribution in [-0.2, 0) is 6.42 Å². The number of fused-ring (bicyclic) bond motifs is 1. The van der Waals surface area contributed by atoms with E-state index in [2.05, 4.69) is 63.9 Å². The summed E-state index contributed by atoms with van der Waals surface area (Å²) >= 11 is 0. The van der Waals surface area contributed by atoms with E-state index in [9.17, 15) is 0 Å². The normalized spacial score (nSPS) is 12.5. The smallest absolute Gasteiger partial charge is 0.191 e. The number of pyridine rings is 1. The minimum absolute atomic E-state index is 0. The lowest BCUT2D eigenvalue weighted by atomic mass is 10.0. The number of hydrogen-bond acceptors (Lipinski definition) is 3. The molecule has 1 aromatic carbocycles. The van der Waals surface area contributed by atoms with E-state index in [0.717, 1.165) is 36.8 Å². The van der Waals surface area contributed by atoms with Crippen molar-refractivity contribution in [1.82, 2.24) is 25.2 Å². The lowest BCUT2D eigenvalue weighted by Crippen LogP contribution is -2.39. The Hall–Kier alpha value is -2.16. The summed E-state index contributed by atoms with van der Waals surface area (Å²) in [5.41, 5.74) is 3.45. The molecule has 0 spiro atoms. The fourth-order valence-electron chi connectivity index (χ4n) is 3.06. The van der Waals surface area contributed by atoms with Crippen molar-refractivity contribution in [3.05, 3.63) is 65.6 Å². The van der Waals surface area contributed by atoms with Gasteiger partial charge in [0.15, 0.2) is 11.6 Å². The quantitative estimate of drug-likeness (QED) is 0.246. The molecule has 0 fully saturated rings. The molecule has 0 radical (unpaired) electrons. The van der Waals surface area contributed by atoms with Gasteiger partial charge in [-0.1, -0.05) is 30.3 Å². The maximum atomic E-state index is 4.33. The van der Waals surface area contributed by atoms with Crippen LogP contribution < -0.4 is 10.6 Å². The highest BCUT2D eigenvalue weighted by Gasteiger charge is 2.10. The molecule has 0 aliphatic rings. The van der Waals surface area contributed by atoms with Crippen molar-refractivity contribution in [2.24, 2.45) is 4.99 Å². The summed E-state index contributed by atoms with van der Waals surface area (Å²) in [7, 11) is 1.80. The van der Waals surface area contributed by atoms with Crippen molar-refractivity contribution in [1.29, 1.82) is 0 Å². The third kappa shape index (κ3) is 5.41. The van der Waals surface area contributed by atoms with Crippen LogP contribution in [0.4, 0.5) is 0 Å². The number of aromatic nitrogens is 3. The van der Waals surface area contributed by atoms with Crippen LogP contribution in [0.1, 0.15) is 36.3 Å². The lowest BCUT2D eigenvalue weighted by Gasteiger charge is -2.19. The molecule has 7 heteroatoms. The Morgan fingerprint density at radius 1 is 1.15 bits per heavy atom. The second kappa shape index (κ2) is 10.2. The molecule has 0 aliphatic heterocycles. The van der Waals surface area contributed by atoms with E-state index in [1.807, 2.05) is 28.8 Å². The molecular formula is C20H27IN6. The van der Waals surface area contributed by atoms with Gasteiger partial charge in [0.05, 0.1) is 6.04 Å². The van der Waals surface area contributed by atoms with E-state index in [0.29, 0.717) is 0 Å². The summed E-state index contributed by atoms with van der Waals surface area (Å²) in [6, 6.07) is 14.5. The lowest BCUT2D eigenvalue weighted by molar-refractivity contribution is 0.665. The van der Waals surface area contributed by atoms with Gasteiger partial charge in [-0.05, 0) is 43.5 Å². The maximum Gasteiger partial charge on any atom is 0.191 e. The number of rotatable bonds is 6. The van der Waals surface area contributed by atoms with E-state index >= 15 is 0 Å². The molecule has 0 saturated carbocycles. The Bertz CT molecular complexity index is 889. The molecule has 2 heterocycles. The van der Waals surface area contributed by atoms with Crippen LogP contribution in [0, 0.1) is 6.92 Å². The zero-order valence-corrected chi connectivity index (χ0v) is 18.3. The Morgan fingerprint density at radius 3 is 2.70 bits per heavy atom. The van der Waals surface area contributed by atoms with Gasteiger partial charge in [-0.25, -0.2) is 0 Å². The minimum atomic E-state index is 0. The molecule has 0 amide bonds. The maximum absolute atomic E-state index is 4.33. The van der Waals surface area contributed by atoms with Crippen molar-refractivity contribution in [2.45, 2.75) is 32.7 Å². The number of aliphatic imine (C=N–C) groups is 1. The molecule has 0 bridgehead atoms. The van der Waals surface area contributed by atoms with Gasteiger partial charge < -0.3 is 10.6 Å². The Morgan fingerprint density at radius 2 is 1.93 bits per heavy atom. The van der Waals surface area contributed by atoms with E-state index in [-0.39, 0.29) is 30.0 Å². The summed E-state index contributed by atoms with van der Waals surface area (Å²) in [5, 5.41) is 15.3. The summed E-state index contributed by atoms with van der Waals surface area (Å²) in [4.78, 5) is 4.33. The molecule has 1 unspecified atom stereocenters. The molecular weight excluding hydrogens is 451 g/mol. The van der Waals surface area contributed by atoms with Crippen molar-refractivity contribution in [3.63, 3.8) is 0 Å². The van der Waals surface area contributed by atoms with Crippen LogP contribution in [0.15, 0.2) is 53.7 Å². The minimum Gasteiger partial charge on any atom is -0.356 e. The highest BCUT2D eigenvalue weighted by molar-refractivity contribution is 14.0. The topological polar surface area (TPSA) is 66.6 Å². The van der Waals surface area contributed by atoms with Gasteiger partial charge in [-0.15, -0.1) is 34.2 Å². The van der Waals surface area contributed by atoms with Crippen molar-refractivity contribution in [3.8, 4) is 0 Å². The molecule has 2 aromatic heterocycles. The van der Waals surface area contributed by atoms with Gasteiger partial charge >= 0.3 is 0 Å². The first-order valence-corrected chi connectivity index (χ1v) is 9.00. The van der Waals surface area contributed by atoms with E-state index in [1.54, 1.807) is 7.05 Å². The van der Waals surface area contributed by atoms with Crippen LogP contribution in [0.3, 0.4) is 0 Å². The predicted molar refractivity (Wildman–Crippen MR) is 121 cm³/mol. The van der Waals surface area contributed by atoms with Crippen LogP contribution >= 0.6 is 24.0 Å². The zero-order chi connectivity index (χ0) is 18.4. The molecule has 0 aliphatic carbocycles. The van der Waals surface area contributed by atoms with Crippen molar-refractivity contribution < 1.29 is 0 Å². The number of hydrogen-bond donors (Lipinski definition) is 2. The fourth-order valence-corrected chi connectivity index (χ4v) is 3.06. The molecule has 0 saturated heterocycles. The van der Waals surface area contributed by atoms with Gasteiger partial charge in [-0.3, -0.25) is 9.39 Å². The monoisotopic (exact) mass is 478 g/mol. The highest BCUT2D eigenvalue weighted by Crippen LogP contribution is 2.16. The number of benzene rings is 1. The first-order chi connectivity index (χ1) is 12.7. The van der Waals surface area contributed by atoms with Gasteiger partial charge in [0.25, 0.3) is 0 Å². The first kappa shape index (κ1) is 21.1. The van der Waals surface area contributed by atoms with Crippen molar-refractivity contribution in [2.75, 3.05) is 13.6 Å². The van der Waals surface area contributed by atoms with Crippen LogP contribution in [-0.4, -0.2) is 34.2 Å². The standard InChI is InChI=1S/C20H26N6.HI/c1-15-9-4-5-10-17(15)16(2)23-20(21-3)22-13-8-12-19-25-24-18-11-6-7-14-26(18)19;/h4-7,9-11,14,16H,8,12-13H2,1-3H3,(H2,21,22,23);1H. The fraction of sp³-hybridized carbons (Fsp3) is 0.350. The Labute approximate surface area is 177 Å². The van der Waals surface area contributed by atoms with Crippen LogP contribution in [0.2, 0.25) is 0 Å². The average Bonchev–Trinajstić information content (AvgIpc) is 3.07. The SMILES string of the molecule is CN=C(NCCCc1nnc2ccccn12)NC(C)c1ccccc1C.I. The summed E-state index contributed by atoms with van der Waals surface area (Å²) in [6.45, 7) is 5.10. The molecule has 1 atom stereocenters. The molecule has 3 rings (SSSR count). The zero-order valence-electron chi connectivity index (χ0n) is 16.0. The Kier molecular flexibility index (Phi) is 8.02. The number of aryl methyl sites for hydroxylation is 2. The third-order valence-corrected chi connectivity index (χ3v) is 4.49. The van der Waals surface area contributed by atoms with Crippen LogP contribution in [0.25, 0.3) is 5.65 Å². The molecule has 27 heavy (non-hydrogen) atoms. The highest BCUT2D eigenvalue weighted by atomic mass is 127. The first-order valence-electron chi connectivity index (χ1n) is 9.00. The van der Waals surface area contributed by atoms with E-state index < -0.39 is 0 Å². The van der Waals surface area contributed by atoms with Crippen LogP contribution in [0.5, 0.6) is 0 Å². The summed E-state index contributed by atoms with van der Waals surface area (Å²) < 4.78 is 2.04. The number of nitrogens with one attached hydrogen (secondary N) is 2. The number of halogens is 1. The average molecular weight is 478 g/mol. The third-order valence-electron chi connectivity index (χ3n) is 4.49. The van der Waals surface area contributed by atoms with Gasteiger partial charge in [0, 0.05) is 26.2 Å². The second-order valence-electron chi connectivity index (χ2n) is 6.37. The summed E-state index contributed by atoms with van der Waals surface area (Å²) in [6.07, 6.45) is 3.82. The summed E-state index contributed by atoms with van der Waals surface area (Å²) in [5.74, 6) is 1.80. The molecule has 2 N–H and O–H groups in total. The predicted octanol–water partition coefficient (Wildman–Crippen LogP) is 3.51. The van der Waals surface area contributed by atoms with Crippen molar-refractivity contribution >= 4 is 35.6 Å². The molecule has 144 valence electrons. The van der Waals surface area contributed by atoms with Gasteiger partial charge in [0.2, 0.25) is 0 Å².